The minimum Gasteiger partial charge on any atom is -0.193 e. The predicted molar refractivity (Wildman–Crippen MR) is 36.0 cm³/mol. The Labute approximate surface area is 61.3 Å². The second kappa shape index (κ2) is 4.81. The van der Waals surface area contributed by atoms with E-state index in [9.17, 15) is 11.7 Å². The van der Waals surface area contributed by atoms with Gasteiger partial charge < -0.3 is 0 Å². The molecule has 0 fully saturated rings. The molecule has 0 atom stereocenters. The normalized spacial score (nSPS) is 13.0. The Bertz CT molecular complexity index is 81.1. The van der Waals surface area contributed by atoms with Crippen molar-refractivity contribution in [1.82, 2.24) is 10.5 Å². The molecule has 6 heteroatoms. The molecule has 0 aliphatic heterocycles. The van der Waals surface area contributed by atoms with Crippen molar-refractivity contribution in [1.29, 1.82) is 0 Å². The molecule has 0 rings (SSSR count). The van der Waals surface area contributed by atoms with Gasteiger partial charge in [-0.05, 0) is 0 Å². The van der Waals surface area contributed by atoms with E-state index in [-0.39, 0.29) is 19.2 Å². The van der Waals surface area contributed by atoms with Gasteiger partial charge in [-0.1, -0.05) is 13.8 Å². The summed E-state index contributed by atoms with van der Waals surface area (Å²) in [5, 5.41) is 0. The zero-order valence-electron chi connectivity index (χ0n) is 5.85. The van der Waals surface area contributed by atoms with Crippen molar-refractivity contribution in [2.45, 2.75) is 13.8 Å². The molecular weight excluding hydrogens is 165 g/mol. The van der Waals surface area contributed by atoms with Crippen molar-refractivity contribution in [3.05, 3.63) is 0 Å². The van der Waals surface area contributed by atoms with Crippen LogP contribution in [0.25, 0.3) is 0 Å². The van der Waals surface area contributed by atoms with Gasteiger partial charge in [-0.25, -0.2) is 0 Å². The molecule has 0 saturated heterocycles. The quantitative estimate of drug-likeness (QED) is 0.647. The summed E-state index contributed by atoms with van der Waals surface area (Å²) in [5.41, 5.74) is 0. The van der Waals surface area contributed by atoms with Crippen LogP contribution < -0.4 is 6.15 Å². The van der Waals surface area contributed by atoms with Crippen LogP contribution in [-0.4, -0.2) is 17.4 Å². The number of halogens is 3. The Balaban J connectivity index is 0. The van der Waals surface area contributed by atoms with Crippen molar-refractivity contribution < 1.29 is 11.7 Å². The van der Waals surface area contributed by atoms with Gasteiger partial charge in [0.05, 0.1) is 0 Å². The van der Waals surface area contributed by atoms with E-state index < -0.39 is 11.4 Å². The fraction of sp³-hybridized carbons (Fsp3) is 1.00. The second-order valence-corrected chi connectivity index (χ2v) is 2.78. The molecule has 0 bridgehead atoms. The first-order valence-electron chi connectivity index (χ1n) is 2.69. The maximum Gasteiger partial charge on any atom is 0.278 e. The van der Waals surface area contributed by atoms with Crippen LogP contribution >= 0.6 is 11.4 Å². The van der Waals surface area contributed by atoms with Gasteiger partial charge in [0.1, 0.15) is 0 Å². The van der Waals surface area contributed by atoms with Gasteiger partial charge >= 0.3 is 0 Å². The maximum absolute atomic E-state index is 11.7. The summed E-state index contributed by atoms with van der Waals surface area (Å²) in [7, 11) is 0. The van der Waals surface area contributed by atoms with Crippen LogP contribution in [0.2, 0.25) is 0 Å². The monoisotopic (exact) mass is 175 g/mol. The number of nitrogens with zero attached hydrogens (tertiary/aromatic N) is 2. The highest BCUT2D eigenvalue weighted by Gasteiger charge is 2.27. The lowest BCUT2D eigenvalue weighted by Crippen LogP contribution is -2.19. The van der Waals surface area contributed by atoms with Gasteiger partial charge in [0.15, 0.2) is 0 Å². The Kier molecular flexibility index (Phi) is 6.12. The molecule has 0 aromatic carbocycles. The molecule has 0 aliphatic rings. The minimum absolute atomic E-state index is 0. The number of hydrogen-bond acceptors (Lipinski definition) is 1. The molecule has 0 heterocycles. The highest BCUT2D eigenvalue weighted by atomic mass is 32.3. The molecule has 0 spiro atoms. The third-order valence-electron chi connectivity index (χ3n) is 0.998. The molecule has 2 nitrogen and oxygen atoms in total. The highest BCUT2D eigenvalue weighted by Crippen LogP contribution is 2.55. The minimum atomic E-state index is -4.93. The lowest BCUT2D eigenvalue weighted by molar-refractivity contribution is 0.416. The van der Waals surface area contributed by atoms with E-state index >= 15 is 0 Å². The van der Waals surface area contributed by atoms with E-state index in [2.05, 4.69) is 0 Å². The third kappa shape index (κ3) is 3.97. The Hall–Kier alpha value is 0.0600. The van der Waals surface area contributed by atoms with Crippen molar-refractivity contribution in [3.8, 4) is 0 Å². The first-order valence-corrected chi connectivity index (χ1v) is 3.98. The molecule has 3 radical (unpaired) electrons. The summed E-state index contributed by atoms with van der Waals surface area (Å²) in [6.45, 7) is 3.14. The summed E-state index contributed by atoms with van der Waals surface area (Å²) >= 11 is -4.93. The Morgan fingerprint density at radius 2 is 1.40 bits per heavy atom. The van der Waals surface area contributed by atoms with Crippen LogP contribution in [0.3, 0.4) is 0 Å². The van der Waals surface area contributed by atoms with Crippen LogP contribution in [0.4, 0.5) is 11.7 Å². The first kappa shape index (κ1) is 12.7. The van der Waals surface area contributed by atoms with Crippen LogP contribution in [0.15, 0.2) is 0 Å². The lowest BCUT2D eigenvalue weighted by Gasteiger charge is -2.23. The molecule has 0 unspecified atom stereocenters. The zero-order chi connectivity index (χ0) is 7.49. The Morgan fingerprint density at radius 1 is 1.10 bits per heavy atom. The van der Waals surface area contributed by atoms with Gasteiger partial charge in [-0.2, -0.15) is 4.31 Å². The molecule has 0 saturated carbocycles. The van der Waals surface area contributed by atoms with Gasteiger partial charge in [-0.15, -0.1) is 11.7 Å². The summed E-state index contributed by atoms with van der Waals surface area (Å²) < 4.78 is 35.7. The van der Waals surface area contributed by atoms with Gasteiger partial charge in [-0.3, -0.25) is 0 Å². The summed E-state index contributed by atoms with van der Waals surface area (Å²) in [6, 6.07) is 0. The fourth-order valence-corrected chi connectivity index (χ4v) is 1.10. The highest BCUT2D eigenvalue weighted by molar-refractivity contribution is 8.18. The predicted octanol–water partition coefficient (Wildman–Crippen LogP) is 2.22. The second-order valence-electron chi connectivity index (χ2n) is 1.50. The Morgan fingerprint density at radius 3 is 1.40 bits per heavy atom. The van der Waals surface area contributed by atoms with Gasteiger partial charge in [0.2, 0.25) is 0 Å². The molecule has 0 amide bonds. The average Bonchev–Trinajstić information content (AvgIpc) is 1.65. The van der Waals surface area contributed by atoms with Crippen LogP contribution in [0.1, 0.15) is 13.8 Å². The number of rotatable bonds is 3. The van der Waals surface area contributed by atoms with E-state index in [0.29, 0.717) is 4.31 Å². The van der Waals surface area contributed by atoms with Gasteiger partial charge in [0.25, 0.3) is 11.4 Å². The molecule has 0 N–H and O–H groups in total. The van der Waals surface area contributed by atoms with E-state index in [4.69, 9.17) is 0 Å². The van der Waals surface area contributed by atoms with Gasteiger partial charge in [0, 0.05) is 19.2 Å². The molecule has 0 aliphatic carbocycles. The SMILES string of the molecule is CCN(CC)S(F)(F)F.[N]. The topological polar surface area (TPSA) is 33.7 Å². The molecule has 0 aromatic heterocycles. The van der Waals surface area contributed by atoms with E-state index in [1.54, 1.807) is 0 Å². The standard InChI is InChI=1S/C4H10F3NS.N/c1-3-8(4-2)9(5,6)7;/h3-4H2,1-2H3;. The van der Waals surface area contributed by atoms with Crippen LogP contribution in [0, 0.1) is 0 Å². The van der Waals surface area contributed by atoms with Crippen molar-refractivity contribution in [2.24, 2.45) is 0 Å². The average molecular weight is 175 g/mol. The lowest BCUT2D eigenvalue weighted by atomic mass is 10.7. The van der Waals surface area contributed by atoms with E-state index in [1.807, 2.05) is 0 Å². The zero-order valence-corrected chi connectivity index (χ0v) is 6.67. The largest absolute Gasteiger partial charge is 0.278 e. The smallest absolute Gasteiger partial charge is 0.193 e. The summed E-state index contributed by atoms with van der Waals surface area (Å²) in [6.07, 6.45) is 0. The maximum atomic E-state index is 11.7. The number of hydrogen-bond donors (Lipinski definition) is 0. The summed E-state index contributed by atoms with van der Waals surface area (Å²) in [4.78, 5) is 0. The molecule has 63 valence electrons. The first-order chi connectivity index (χ1) is 4.02. The van der Waals surface area contributed by atoms with Crippen molar-refractivity contribution >= 4 is 11.4 Å². The third-order valence-corrected chi connectivity index (χ3v) is 2.10. The van der Waals surface area contributed by atoms with Crippen molar-refractivity contribution in [3.63, 3.8) is 0 Å². The fourth-order valence-electron chi connectivity index (χ4n) is 0.516. The molecular formula is C4H10F3N2S. The van der Waals surface area contributed by atoms with Crippen LogP contribution in [0.5, 0.6) is 0 Å². The van der Waals surface area contributed by atoms with E-state index in [0.717, 1.165) is 0 Å². The van der Waals surface area contributed by atoms with Crippen LogP contribution in [-0.2, 0) is 0 Å². The van der Waals surface area contributed by atoms with Crippen molar-refractivity contribution in [2.75, 3.05) is 13.1 Å². The molecule has 10 heavy (non-hydrogen) atoms. The summed E-state index contributed by atoms with van der Waals surface area (Å²) in [5.74, 6) is 0. The molecule has 0 aromatic rings. The van der Waals surface area contributed by atoms with E-state index in [1.165, 1.54) is 13.8 Å².